The van der Waals surface area contributed by atoms with Gasteiger partial charge < -0.3 is 5.11 Å². The van der Waals surface area contributed by atoms with Crippen LogP contribution < -0.4 is 0 Å². The zero-order valence-corrected chi connectivity index (χ0v) is 11.1. The maximum atomic E-state index is 13.2. The summed E-state index contributed by atoms with van der Waals surface area (Å²) in [5, 5.41) is 9.29. The van der Waals surface area contributed by atoms with Crippen LogP contribution in [0.2, 0.25) is 0 Å². The largest absolute Gasteiger partial charge is 0.478 e. The minimum absolute atomic E-state index is 0.0775. The van der Waals surface area contributed by atoms with Crippen LogP contribution >= 0.6 is 0 Å². The van der Waals surface area contributed by atoms with E-state index in [0.717, 1.165) is 12.0 Å². The fraction of sp³-hybridized carbons (Fsp3) is 0.118. The Hall–Kier alpha value is -2.42. The van der Waals surface area contributed by atoms with E-state index in [-0.39, 0.29) is 5.57 Å². The van der Waals surface area contributed by atoms with Gasteiger partial charge in [0, 0.05) is 0 Å². The molecule has 0 amide bonds. The second kappa shape index (κ2) is 6.15. The lowest BCUT2D eigenvalue weighted by atomic mass is 10.0. The summed E-state index contributed by atoms with van der Waals surface area (Å²) in [5.41, 5.74) is 2.40. The summed E-state index contributed by atoms with van der Waals surface area (Å²) in [7, 11) is 0. The topological polar surface area (TPSA) is 37.3 Å². The third kappa shape index (κ3) is 3.32. The SMILES string of the molecule is CCc1ccc(/C=C(/C(=O)O)c2cccc(F)c2)cc1. The van der Waals surface area contributed by atoms with Crippen LogP contribution in [-0.4, -0.2) is 11.1 Å². The van der Waals surface area contributed by atoms with Crippen molar-refractivity contribution in [2.45, 2.75) is 13.3 Å². The Morgan fingerprint density at radius 2 is 1.90 bits per heavy atom. The molecule has 0 aromatic heterocycles. The minimum atomic E-state index is -1.07. The third-order valence-corrected chi connectivity index (χ3v) is 3.07. The highest BCUT2D eigenvalue weighted by Gasteiger charge is 2.11. The van der Waals surface area contributed by atoms with Crippen molar-refractivity contribution in [3.8, 4) is 0 Å². The predicted octanol–water partition coefficient (Wildman–Crippen LogP) is 4.01. The van der Waals surface area contributed by atoms with Gasteiger partial charge in [-0.25, -0.2) is 9.18 Å². The molecule has 0 heterocycles. The zero-order chi connectivity index (χ0) is 14.5. The van der Waals surface area contributed by atoms with Crippen molar-refractivity contribution < 1.29 is 14.3 Å². The molecule has 0 bridgehead atoms. The lowest BCUT2D eigenvalue weighted by Gasteiger charge is -2.04. The molecule has 1 N–H and O–H groups in total. The Balaban J connectivity index is 2.42. The summed E-state index contributed by atoms with van der Waals surface area (Å²) in [6.45, 7) is 2.06. The monoisotopic (exact) mass is 270 g/mol. The average molecular weight is 270 g/mol. The molecule has 102 valence electrons. The van der Waals surface area contributed by atoms with E-state index in [2.05, 4.69) is 6.92 Å². The van der Waals surface area contributed by atoms with E-state index in [1.165, 1.54) is 23.8 Å². The number of carboxylic acid groups (broad SMARTS) is 1. The average Bonchev–Trinajstić information content (AvgIpc) is 2.45. The van der Waals surface area contributed by atoms with E-state index in [4.69, 9.17) is 0 Å². The number of aliphatic carboxylic acids is 1. The minimum Gasteiger partial charge on any atom is -0.478 e. The number of rotatable bonds is 4. The van der Waals surface area contributed by atoms with E-state index in [1.54, 1.807) is 12.1 Å². The van der Waals surface area contributed by atoms with Gasteiger partial charge in [0.15, 0.2) is 0 Å². The first kappa shape index (κ1) is 14.0. The standard InChI is InChI=1S/C17H15FO2/c1-2-12-6-8-13(9-7-12)10-16(17(19)20)14-4-3-5-15(18)11-14/h3-11H,2H2,1H3,(H,19,20)/b16-10+. The van der Waals surface area contributed by atoms with Gasteiger partial charge in [-0.1, -0.05) is 43.3 Å². The summed E-state index contributed by atoms with van der Waals surface area (Å²) in [6, 6.07) is 13.2. The molecule has 2 rings (SSSR count). The molecule has 2 nitrogen and oxygen atoms in total. The van der Waals surface area contributed by atoms with Gasteiger partial charge >= 0.3 is 5.97 Å². The zero-order valence-electron chi connectivity index (χ0n) is 11.1. The maximum absolute atomic E-state index is 13.2. The first-order valence-corrected chi connectivity index (χ1v) is 6.40. The van der Waals surface area contributed by atoms with Crippen molar-refractivity contribution in [3.63, 3.8) is 0 Å². The van der Waals surface area contributed by atoms with Crippen LogP contribution in [0.25, 0.3) is 11.6 Å². The van der Waals surface area contributed by atoms with E-state index in [0.29, 0.717) is 5.56 Å². The Labute approximate surface area is 117 Å². The van der Waals surface area contributed by atoms with Crippen LogP contribution in [0.5, 0.6) is 0 Å². The molecular weight excluding hydrogens is 255 g/mol. The Morgan fingerprint density at radius 3 is 2.45 bits per heavy atom. The molecule has 0 aliphatic carbocycles. The first-order chi connectivity index (χ1) is 9.60. The first-order valence-electron chi connectivity index (χ1n) is 6.40. The smallest absolute Gasteiger partial charge is 0.336 e. The Kier molecular flexibility index (Phi) is 4.31. The van der Waals surface area contributed by atoms with Crippen LogP contribution in [0.1, 0.15) is 23.6 Å². The molecule has 20 heavy (non-hydrogen) atoms. The van der Waals surface area contributed by atoms with Gasteiger partial charge in [-0.15, -0.1) is 0 Å². The van der Waals surface area contributed by atoms with E-state index in [9.17, 15) is 14.3 Å². The number of hydrogen-bond donors (Lipinski definition) is 1. The molecule has 0 unspecified atom stereocenters. The quantitative estimate of drug-likeness (QED) is 0.673. The van der Waals surface area contributed by atoms with Crippen molar-refractivity contribution in [1.82, 2.24) is 0 Å². The number of aryl methyl sites for hydroxylation is 1. The van der Waals surface area contributed by atoms with Gasteiger partial charge in [0.05, 0.1) is 5.57 Å². The van der Waals surface area contributed by atoms with Crippen molar-refractivity contribution >= 4 is 17.6 Å². The Morgan fingerprint density at radius 1 is 1.20 bits per heavy atom. The van der Waals surface area contributed by atoms with Gasteiger partial charge in [-0.05, 0) is 41.3 Å². The van der Waals surface area contributed by atoms with Gasteiger partial charge in [-0.3, -0.25) is 0 Å². The van der Waals surface area contributed by atoms with Gasteiger partial charge in [0.25, 0.3) is 0 Å². The highest BCUT2D eigenvalue weighted by Crippen LogP contribution is 2.20. The molecule has 2 aromatic rings. The number of carboxylic acids is 1. The van der Waals surface area contributed by atoms with Gasteiger partial charge in [0.1, 0.15) is 5.82 Å². The molecule has 0 radical (unpaired) electrons. The maximum Gasteiger partial charge on any atom is 0.336 e. The number of hydrogen-bond acceptors (Lipinski definition) is 1. The molecule has 0 aliphatic heterocycles. The summed E-state index contributed by atoms with van der Waals surface area (Å²) in [6.07, 6.45) is 2.48. The lowest BCUT2D eigenvalue weighted by molar-refractivity contribution is -0.130. The highest BCUT2D eigenvalue weighted by molar-refractivity contribution is 6.20. The van der Waals surface area contributed by atoms with Crippen LogP contribution in [0.15, 0.2) is 48.5 Å². The Bertz CT molecular complexity index is 642. The van der Waals surface area contributed by atoms with Crippen molar-refractivity contribution in [3.05, 3.63) is 71.0 Å². The normalized spacial score (nSPS) is 11.4. The summed E-state index contributed by atoms with van der Waals surface area (Å²) >= 11 is 0. The van der Waals surface area contributed by atoms with Gasteiger partial charge in [-0.2, -0.15) is 0 Å². The lowest BCUT2D eigenvalue weighted by Crippen LogP contribution is -2.00. The number of carbonyl (C=O) groups is 1. The van der Waals surface area contributed by atoms with Crippen LogP contribution in [0.3, 0.4) is 0 Å². The molecule has 0 saturated heterocycles. The van der Waals surface area contributed by atoms with E-state index < -0.39 is 11.8 Å². The second-order valence-electron chi connectivity index (χ2n) is 4.47. The second-order valence-corrected chi connectivity index (χ2v) is 4.47. The number of benzene rings is 2. The molecule has 2 aromatic carbocycles. The van der Waals surface area contributed by atoms with E-state index >= 15 is 0 Å². The summed E-state index contributed by atoms with van der Waals surface area (Å²) in [5.74, 6) is -1.52. The molecule has 0 aliphatic rings. The fourth-order valence-electron chi connectivity index (χ4n) is 1.94. The molecule has 0 atom stereocenters. The van der Waals surface area contributed by atoms with Crippen molar-refractivity contribution in [2.24, 2.45) is 0 Å². The van der Waals surface area contributed by atoms with Crippen LogP contribution in [-0.2, 0) is 11.2 Å². The van der Waals surface area contributed by atoms with E-state index in [1.807, 2.05) is 24.3 Å². The van der Waals surface area contributed by atoms with Crippen molar-refractivity contribution in [1.29, 1.82) is 0 Å². The van der Waals surface area contributed by atoms with Crippen LogP contribution in [0, 0.1) is 5.82 Å². The fourth-order valence-corrected chi connectivity index (χ4v) is 1.94. The molecule has 0 saturated carbocycles. The molecular formula is C17H15FO2. The highest BCUT2D eigenvalue weighted by atomic mass is 19.1. The summed E-state index contributed by atoms with van der Waals surface area (Å²) < 4.78 is 13.2. The van der Waals surface area contributed by atoms with Crippen molar-refractivity contribution in [2.75, 3.05) is 0 Å². The molecule has 0 fully saturated rings. The van der Waals surface area contributed by atoms with Gasteiger partial charge in [0.2, 0.25) is 0 Å². The third-order valence-electron chi connectivity index (χ3n) is 3.07. The number of halogens is 1. The summed E-state index contributed by atoms with van der Waals surface area (Å²) in [4.78, 5) is 11.3. The molecule has 3 heteroatoms. The molecule has 0 spiro atoms. The predicted molar refractivity (Wildman–Crippen MR) is 77.7 cm³/mol. The van der Waals surface area contributed by atoms with Crippen LogP contribution in [0.4, 0.5) is 4.39 Å².